The normalized spacial score (nSPS) is 12.4. The van der Waals surface area contributed by atoms with E-state index in [1.807, 2.05) is 6.92 Å². The largest absolute Gasteiger partial charge is 0.351 e. The molecule has 4 rings (SSSR count). The molecule has 0 aliphatic carbocycles. The Bertz CT molecular complexity index is 1020. The molecule has 25 heavy (non-hydrogen) atoms. The quantitative estimate of drug-likeness (QED) is 0.452. The Kier molecular flexibility index (Phi) is 4.36. The van der Waals surface area contributed by atoms with Gasteiger partial charge in [0.05, 0.1) is 11.7 Å². The predicted octanol–water partition coefficient (Wildman–Crippen LogP) is 5.91. The summed E-state index contributed by atoms with van der Waals surface area (Å²) in [6.45, 7) is 2.02. The summed E-state index contributed by atoms with van der Waals surface area (Å²) in [5.41, 5.74) is 4.75. The van der Waals surface area contributed by atoms with E-state index in [0.29, 0.717) is 0 Å². The molecule has 5 heteroatoms. The van der Waals surface area contributed by atoms with E-state index in [1.165, 1.54) is 22.0 Å². The highest BCUT2D eigenvalue weighted by Gasteiger charge is 2.20. The first-order chi connectivity index (χ1) is 12.1. The number of aryl methyl sites for hydroxylation is 2. The maximum atomic E-state index is 4.60. The molecule has 3 nitrogen and oxygen atoms in total. The number of hydrogen-bond acceptors (Lipinski definition) is 3. The Balaban J connectivity index is 1.85. The standard InChI is InChI=1S/C20H18BrN3S/c1-13-12-25-20(22-13)23-19(14-7-9-15(21)10-8-14)17-11-24(2)18-6-4-3-5-16(17)18/h3-12,19H,1-2H3,(H,22,23). The Morgan fingerprint density at radius 3 is 2.60 bits per heavy atom. The average Bonchev–Trinajstić information content (AvgIpc) is 3.17. The summed E-state index contributed by atoms with van der Waals surface area (Å²) in [7, 11) is 2.10. The Labute approximate surface area is 159 Å². The molecule has 0 amide bonds. The number of nitrogens with one attached hydrogen (secondary N) is 1. The van der Waals surface area contributed by atoms with Crippen molar-refractivity contribution in [3.63, 3.8) is 0 Å². The first-order valence-electron chi connectivity index (χ1n) is 8.10. The fourth-order valence-electron chi connectivity index (χ4n) is 3.14. The van der Waals surface area contributed by atoms with Crippen molar-refractivity contribution in [2.45, 2.75) is 13.0 Å². The third kappa shape index (κ3) is 3.22. The lowest BCUT2D eigenvalue weighted by Gasteiger charge is -2.19. The molecule has 4 aromatic rings. The fourth-order valence-corrected chi connectivity index (χ4v) is 4.12. The second kappa shape index (κ2) is 6.65. The van der Waals surface area contributed by atoms with Gasteiger partial charge in [0.25, 0.3) is 0 Å². The zero-order valence-electron chi connectivity index (χ0n) is 14.0. The van der Waals surface area contributed by atoms with Gasteiger partial charge in [-0.25, -0.2) is 4.98 Å². The van der Waals surface area contributed by atoms with Gasteiger partial charge >= 0.3 is 0 Å². The molecule has 0 aliphatic rings. The van der Waals surface area contributed by atoms with E-state index in [4.69, 9.17) is 0 Å². The van der Waals surface area contributed by atoms with Crippen molar-refractivity contribution in [1.82, 2.24) is 9.55 Å². The Morgan fingerprint density at radius 1 is 1.12 bits per heavy atom. The maximum absolute atomic E-state index is 4.60. The zero-order valence-corrected chi connectivity index (χ0v) is 16.4. The van der Waals surface area contributed by atoms with Gasteiger partial charge in [0, 0.05) is 39.6 Å². The minimum atomic E-state index is 0.0461. The topological polar surface area (TPSA) is 29.9 Å². The molecule has 0 radical (unpaired) electrons. The number of anilines is 1. The maximum Gasteiger partial charge on any atom is 0.183 e. The number of fused-ring (bicyclic) bond motifs is 1. The molecular weight excluding hydrogens is 394 g/mol. The van der Waals surface area contributed by atoms with Crippen LogP contribution in [-0.2, 0) is 7.05 Å². The van der Waals surface area contributed by atoms with E-state index in [0.717, 1.165) is 15.3 Å². The van der Waals surface area contributed by atoms with Gasteiger partial charge in [0.15, 0.2) is 5.13 Å². The second-order valence-electron chi connectivity index (χ2n) is 6.14. The lowest BCUT2D eigenvalue weighted by atomic mass is 9.98. The number of hydrogen-bond donors (Lipinski definition) is 1. The first-order valence-corrected chi connectivity index (χ1v) is 9.77. The van der Waals surface area contributed by atoms with Crippen molar-refractivity contribution in [3.05, 3.63) is 81.4 Å². The van der Waals surface area contributed by atoms with Gasteiger partial charge in [-0.2, -0.15) is 0 Å². The molecule has 0 saturated carbocycles. The summed E-state index contributed by atoms with van der Waals surface area (Å²) in [5, 5.41) is 7.92. The summed E-state index contributed by atoms with van der Waals surface area (Å²) in [5.74, 6) is 0. The van der Waals surface area contributed by atoms with Crippen LogP contribution in [0.1, 0.15) is 22.9 Å². The number of aromatic nitrogens is 2. The third-order valence-electron chi connectivity index (χ3n) is 4.33. The number of thiazole rings is 1. The molecule has 0 aliphatic heterocycles. The second-order valence-corrected chi connectivity index (χ2v) is 7.91. The summed E-state index contributed by atoms with van der Waals surface area (Å²) in [6.07, 6.45) is 2.21. The molecule has 0 spiro atoms. The van der Waals surface area contributed by atoms with Crippen LogP contribution in [-0.4, -0.2) is 9.55 Å². The van der Waals surface area contributed by atoms with Crippen LogP contribution in [0.2, 0.25) is 0 Å². The fraction of sp³-hybridized carbons (Fsp3) is 0.150. The van der Waals surface area contributed by atoms with Gasteiger partial charge in [-0.3, -0.25) is 0 Å². The van der Waals surface area contributed by atoms with Crippen LogP contribution >= 0.6 is 27.3 Å². The van der Waals surface area contributed by atoms with Crippen LogP contribution in [0.3, 0.4) is 0 Å². The van der Waals surface area contributed by atoms with Crippen LogP contribution in [0.4, 0.5) is 5.13 Å². The minimum absolute atomic E-state index is 0.0461. The molecular formula is C20H18BrN3S. The Hall–Kier alpha value is -2.11. The van der Waals surface area contributed by atoms with Crippen LogP contribution in [0.25, 0.3) is 10.9 Å². The van der Waals surface area contributed by atoms with E-state index in [-0.39, 0.29) is 6.04 Å². The predicted molar refractivity (Wildman–Crippen MR) is 109 cm³/mol. The Morgan fingerprint density at radius 2 is 1.88 bits per heavy atom. The molecule has 2 heterocycles. The van der Waals surface area contributed by atoms with Crippen molar-refractivity contribution >= 4 is 43.3 Å². The number of nitrogens with zero attached hydrogens (tertiary/aromatic N) is 2. The van der Waals surface area contributed by atoms with Crippen LogP contribution in [0.15, 0.2) is 64.6 Å². The van der Waals surface area contributed by atoms with Gasteiger partial charge < -0.3 is 9.88 Å². The van der Waals surface area contributed by atoms with Crippen LogP contribution < -0.4 is 5.32 Å². The van der Waals surface area contributed by atoms with E-state index in [1.54, 1.807) is 11.3 Å². The van der Waals surface area contributed by atoms with Gasteiger partial charge in [-0.05, 0) is 30.7 Å². The molecule has 0 saturated heterocycles. The molecule has 1 unspecified atom stereocenters. The monoisotopic (exact) mass is 411 g/mol. The van der Waals surface area contributed by atoms with E-state index < -0.39 is 0 Å². The number of rotatable bonds is 4. The molecule has 0 fully saturated rings. The van der Waals surface area contributed by atoms with E-state index in [2.05, 4.69) is 98.0 Å². The molecule has 2 aromatic carbocycles. The van der Waals surface area contributed by atoms with Crippen molar-refractivity contribution in [1.29, 1.82) is 0 Å². The third-order valence-corrected chi connectivity index (χ3v) is 5.75. The molecule has 1 N–H and O–H groups in total. The lowest BCUT2D eigenvalue weighted by molar-refractivity contribution is 0.906. The smallest absolute Gasteiger partial charge is 0.183 e. The number of halogens is 1. The van der Waals surface area contributed by atoms with Gasteiger partial charge in [-0.1, -0.05) is 46.3 Å². The molecule has 2 aromatic heterocycles. The lowest BCUT2D eigenvalue weighted by Crippen LogP contribution is -2.12. The summed E-state index contributed by atoms with van der Waals surface area (Å²) in [4.78, 5) is 4.60. The zero-order chi connectivity index (χ0) is 17.4. The van der Waals surface area contributed by atoms with E-state index >= 15 is 0 Å². The van der Waals surface area contributed by atoms with Gasteiger partial charge in [-0.15, -0.1) is 11.3 Å². The summed E-state index contributed by atoms with van der Waals surface area (Å²) >= 11 is 5.17. The van der Waals surface area contributed by atoms with E-state index in [9.17, 15) is 0 Å². The van der Waals surface area contributed by atoms with Crippen molar-refractivity contribution in [3.8, 4) is 0 Å². The van der Waals surface area contributed by atoms with Crippen molar-refractivity contribution < 1.29 is 0 Å². The summed E-state index contributed by atoms with van der Waals surface area (Å²) < 4.78 is 3.27. The van der Waals surface area contributed by atoms with Gasteiger partial charge in [0.2, 0.25) is 0 Å². The van der Waals surface area contributed by atoms with Crippen LogP contribution in [0, 0.1) is 6.92 Å². The highest BCUT2D eigenvalue weighted by Crippen LogP contribution is 2.34. The highest BCUT2D eigenvalue weighted by molar-refractivity contribution is 9.10. The molecule has 126 valence electrons. The minimum Gasteiger partial charge on any atom is -0.351 e. The van der Waals surface area contributed by atoms with Crippen molar-refractivity contribution in [2.24, 2.45) is 7.05 Å². The highest BCUT2D eigenvalue weighted by atomic mass is 79.9. The number of benzene rings is 2. The summed E-state index contributed by atoms with van der Waals surface area (Å²) in [6, 6.07) is 17.1. The van der Waals surface area contributed by atoms with Crippen molar-refractivity contribution in [2.75, 3.05) is 5.32 Å². The SMILES string of the molecule is Cc1csc(NC(c2ccc(Br)cc2)c2cn(C)c3ccccc23)n1. The van der Waals surface area contributed by atoms with Gasteiger partial charge in [0.1, 0.15) is 0 Å². The first kappa shape index (κ1) is 16.4. The molecule has 1 atom stereocenters. The van der Waals surface area contributed by atoms with Crippen LogP contribution in [0.5, 0.6) is 0 Å². The number of para-hydroxylation sites is 1. The molecule has 0 bridgehead atoms. The average molecular weight is 412 g/mol.